The lowest BCUT2D eigenvalue weighted by Gasteiger charge is -2.17. The second kappa shape index (κ2) is 5.94. The van der Waals surface area contributed by atoms with E-state index in [-0.39, 0.29) is 11.1 Å². The van der Waals surface area contributed by atoms with Crippen LogP contribution >= 0.6 is 15.9 Å². The summed E-state index contributed by atoms with van der Waals surface area (Å²) in [4.78, 5) is 0. The van der Waals surface area contributed by atoms with Gasteiger partial charge in [0.05, 0.1) is 11.7 Å². The lowest BCUT2D eigenvalue weighted by atomic mass is 10.0. The molecule has 0 amide bonds. The van der Waals surface area contributed by atoms with E-state index in [0.29, 0.717) is 11.8 Å². The number of aliphatic hydroxyl groups is 2. The minimum absolute atomic E-state index is 0.0778. The highest BCUT2D eigenvalue weighted by Crippen LogP contribution is 2.21. The second-order valence-corrected chi connectivity index (χ2v) is 4.13. The summed E-state index contributed by atoms with van der Waals surface area (Å²) in [5.41, 5.74) is 0.191. The number of benzene rings is 1. The summed E-state index contributed by atoms with van der Waals surface area (Å²) in [7, 11) is 0. The summed E-state index contributed by atoms with van der Waals surface area (Å²) in [5.74, 6) is -0.690. The highest BCUT2D eigenvalue weighted by atomic mass is 79.9. The van der Waals surface area contributed by atoms with Crippen LogP contribution in [0, 0.1) is 17.1 Å². The third-order valence-corrected chi connectivity index (χ3v) is 2.68. The van der Waals surface area contributed by atoms with Crippen molar-refractivity contribution in [2.45, 2.75) is 18.6 Å². The van der Waals surface area contributed by atoms with Gasteiger partial charge in [0.1, 0.15) is 18.0 Å². The maximum atomic E-state index is 13.2. The van der Waals surface area contributed by atoms with Gasteiger partial charge in [0, 0.05) is 5.33 Å². The summed E-state index contributed by atoms with van der Waals surface area (Å²) >= 11 is 3.14. The Kier molecular flexibility index (Phi) is 4.87. The molecule has 0 radical (unpaired) electrons. The summed E-state index contributed by atoms with van der Waals surface area (Å²) in [6, 6.07) is 5.48. The first-order chi connectivity index (χ1) is 7.60. The number of nitrogens with zero attached hydrogens (tertiary/aromatic N) is 1. The molecule has 0 bridgehead atoms. The predicted octanol–water partition coefficient (Wildman–Crippen LogP) is 1.88. The van der Waals surface area contributed by atoms with Crippen molar-refractivity contribution in [3.8, 4) is 6.07 Å². The molecular formula is C11H11BrFNO2. The average molecular weight is 288 g/mol. The van der Waals surface area contributed by atoms with Crippen molar-refractivity contribution >= 4 is 15.9 Å². The fourth-order valence-electron chi connectivity index (χ4n) is 1.30. The van der Waals surface area contributed by atoms with E-state index in [4.69, 9.17) is 5.26 Å². The van der Waals surface area contributed by atoms with Gasteiger partial charge in [0.15, 0.2) is 0 Å². The van der Waals surface area contributed by atoms with Gasteiger partial charge in [0.25, 0.3) is 0 Å². The topological polar surface area (TPSA) is 64.2 Å². The normalized spacial score (nSPS) is 14.2. The number of nitriles is 1. The average Bonchev–Trinajstić information content (AvgIpc) is 2.28. The smallest absolute Gasteiger partial charge is 0.141 e. The SMILES string of the molecule is N#Cc1ccc(C(O)C(O)CCBr)cc1F. The fraction of sp³-hybridized carbons (Fsp3) is 0.364. The second-order valence-electron chi connectivity index (χ2n) is 3.34. The van der Waals surface area contributed by atoms with Crippen LogP contribution < -0.4 is 0 Å². The van der Waals surface area contributed by atoms with E-state index in [2.05, 4.69) is 15.9 Å². The van der Waals surface area contributed by atoms with E-state index in [9.17, 15) is 14.6 Å². The van der Waals surface area contributed by atoms with Gasteiger partial charge in [-0.2, -0.15) is 5.26 Å². The highest BCUT2D eigenvalue weighted by molar-refractivity contribution is 9.09. The third kappa shape index (κ3) is 3.01. The molecule has 0 aliphatic heterocycles. The van der Waals surface area contributed by atoms with Crippen molar-refractivity contribution in [2.75, 3.05) is 5.33 Å². The Labute approximate surface area is 101 Å². The maximum Gasteiger partial charge on any atom is 0.141 e. The molecule has 2 unspecified atom stereocenters. The first-order valence-electron chi connectivity index (χ1n) is 4.71. The van der Waals surface area contributed by atoms with E-state index in [0.717, 1.165) is 6.07 Å². The molecule has 0 fully saturated rings. The van der Waals surface area contributed by atoms with Crippen LogP contribution in [0.1, 0.15) is 23.7 Å². The summed E-state index contributed by atoms with van der Waals surface area (Å²) in [6.07, 6.45) is -1.73. The molecule has 0 aromatic heterocycles. The van der Waals surface area contributed by atoms with Crippen molar-refractivity contribution < 1.29 is 14.6 Å². The Hall–Kier alpha value is -0.960. The Morgan fingerprint density at radius 1 is 1.44 bits per heavy atom. The number of alkyl halides is 1. The van der Waals surface area contributed by atoms with Gasteiger partial charge in [-0.25, -0.2) is 4.39 Å². The highest BCUT2D eigenvalue weighted by Gasteiger charge is 2.18. The van der Waals surface area contributed by atoms with E-state index in [1.165, 1.54) is 12.1 Å². The van der Waals surface area contributed by atoms with Crippen LogP contribution in [0.4, 0.5) is 4.39 Å². The molecule has 1 aromatic carbocycles. The molecule has 16 heavy (non-hydrogen) atoms. The quantitative estimate of drug-likeness (QED) is 0.831. The number of aliphatic hydroxyl groups excluding tert-OH is 2. The molecule has 0 spiro atoms. The lowest BCUT2D eigenvalue weighted by Crippen LogP contribution is -2.18. The molecule has 5 heteroatoms. The van der Waals surface area contributed by atoms with Gasteiger partial charge in [-0.05, 0) is 24.1 Å². The van der Waals surface area contributed by atoms with Crippen LogP contribution in [-0.2, 0) is 0 Å². The van der Waals surface area contributed by atoms with Crippen LogP contribution in [0.3, 0.4) is 0 Å². The molecule has 3 nitrogen and oxygen atoms in total. The molecule has 0 aliphatic rings. The minimum Gasteiger partial charge on any atom is -0.390 e. The van der Waals surface area contributed by atoms with Crippen LogP contribution in [0.25, 0.3) is 0 Å². The van der Waals surface area contributed by atoms with Crippen LogP contribution in [0.5, 0.6) is 0 Å². The zero-order valence-electron chi connectivity index (χ0n) is 8.40. The number of halogens is 2. The number of rotatable bonds is 4. The van der Waals surface area contributed by atoms with E-state index >= 15 is 0 Å². The summed E-state index contributed by atoms with van der Waals surface area (Å²) in [6.45, 7) is 0. The van der Waals surface area contributed by atoms with Crippen LogP contribution in [0.2, 0.25) is 0 Å². The first-order valence-corrected chi connectivity index (χ1v) is 5.84. The van der Waals surface area contributed by atoms with E-state index in [1.54, 1.807) is 6.07 Å². The van der Waals surface area contributed by atoms with Gasteiger partial charge in [0.2, 0.25) is 0 Å². The minimum atomic E-state index is -1.14. The predicted molar refractivity (Wildman–Crippen MR) is 60.5 cm³/mol. The molecule has 86 valence electrons. The van der Waals surface area contributed by atoms with Crippen molar-refractivity contribution in [3.05, 3.63) is 35.1 Å². The molecule has 0 heterocycles. The molecule has 0 saturated carbocycles. The first kappa shape index (κ1) is 13.1. The van der Waals surface area contributed by atoms with Crippen molar-refractivity contribution in [3.63, 3.8) is 0 Å². The largest absolute Gasteiger partial charge is 0.390 e. The molecule has 0 saturated heterocycles. The standard InChI is InChI=1S/C11H11BrFNO2/c12-4-3-10(15)11(16)7-1-2-8(6-14)9(13)5-7/h1-2,5,10-11,15-16H,3-4H2. The summed E-state index contributed by atoms with van der Waals surface area (Å²) in [5, 5.41) is 28.3. The van der Waals surface area contributed by atoms with Gasteiger partial charge in [-0.3, -0.25) is 0 Å². The fourth-order valence-corrected chi connectivity index (χ4v) is 1.77. The number of hydrogen-bond donors (Lipinski definition) is 2. The van der Waals surface area contributed by atoms with Crippen molar-refractivity contribution in [2.24, 2.45) is 0 Å². The number of hydrogen-bond acceptors (Lipinski definition) is 3. The van der Waals surface area contributed by atoms with Crippen LogP contribution in [-0.4, -0.2) is 21.6 Å². The van der Waals surface area contributed by atoms with Crippen molar-refractivity contribution in [1.82, 2.24) is 0 Å². The monoisotopic (exact) mass is 287 g/mol. The Balaban J connectivity index is 2.89. The van der Waals surface area contributed by atoms with Gasteiger partial charge in [-0.15, -0.1) is 0 Å². The molecular weight excluding hydrogens is 277 g/mol. The van der Waals surface area contributed by atoms with Crippen LogP contribution in [0.15, 0.2) is 18.2 Å². The lowest BCUT2D eigenvalue weighted by molar-refractivity contribution is 0.0172. The van der Waals surface area contributed by atoms with Gasteiger partial charge >= 0.3 is 0 Å². The molecule has 1 rings (SSSR count). The van der Waals surface area contributed by atoms with Gasteiger partial charge < -0.3 is 10.2 Å². The molecule has 2 N–H and O–H groups in total. The third-order valence-electron chi connectivity index (χ3n) is 2.22. The molecule has 2 atom stereocenters. The Morgan fingerprint density at radius 3 is 2.62 bits per heavy atom. The maximum absolute atomic E-state index is 13.2. The molecule has 1 aromatic rings. The zero-order valence-corrected chi connectivity index (χ0v) is 9.98. The van der Waals surface area contributed by atoms with Gasteiger partial charge in [-0.1, -0.05) is 22.0 Å². The van der Waals surface area contributed by atoms with Crippen molar-refractivity contribution in [1.29, 1.82) is 5.26 Å². The Morgan fingerprint density at radius 2 is 2.12 bits per heavy atom. The zero-order chi connectivity index (χ0) is 12.1. The Bertz CT molecular complexity index is 405. The summed E-state index contributed by atoms with van der Waals surface area (Å²) < 4.78 is 13.2. The molecule has 0 aliphatic carbocycles. The van der Waals surface area contributed by atoms with E-state index < -0.39 is 18.0 Å². The van der Waals surface area contributed by atoms with E-state index in [1.807, 2.05) is 0 Å².